The highest BCUT2D eigenvalue weighted by Crippen LogP contribution is 2.22. The zero-order valence-electron chi connectivity index (χ0n) is 11.7. The van der Waals surface area contributed by atoms with Gasteiger partial charge < -0.3 is 10.6 Å². The molecule has 20 heavy (non-hydrogen) atoms. The van der Waals surface area contributed by atoms with Crippen LogP contribution in [0, 0.1) is 17.2 Å². The second-order valence-electron chi connectivity index (χ2n) is 5.46. The number of amides is 1. The SMILES string of the molecule is N#CCCN1CCC(Cc2cccc(C(N)=O)c2)CC1. The number of hydrogen-bond acceptors (Lipinski definition) is 3. The maximum Gasteiger partial charge on any atom is 0.248 e. The largest absolute Gasteiger partial charge is 0.366 e. The minimum Gasteiger partial charge on any atom is -0.366 e. The fourth-order valence-electron chi connectivity index (χ4n) is 2.81. The smallest absolute Gasteiger partial charge is 0.248 e. The quantitative estimate of drug-likeness (QED) is 0.890. The summed E-state index contributed by atoms with van der Waals surface area (Å²) in [5.41, 5.74) is 7.09. The number of rotatable bonds is 5. The molecule has 0 bridgehead atoms. The van der Waals surface area contributed by atoms with Crippen molar-refractivity contribution in [2.45, 2.75) is 25.7 Å². The Hall–Kier alpha value is -1.86. The normalized spacial score (nSPS) is 16.8. The van der Waals surface area contributed by atoms with Crippen LogP contribution in [-0.2, 0) is 6.42 Å². The van der Waals surface area contributed by atoms with Crippen molar-refractivity contribution in [3.63, 3.8) is 0 Å². The fourth-order valence-corrected chi connectivity index (χ4v) is 2.81. The first-order valence-electron chi connectivity index (χ1n) is 7.17. The number of carbonyl (C=O) groups is 1. The molecule has 1 amide bonds. The van der Waals surface area contributed by atoms with Crippen molar-refractivity contribution in [2.75, 3.05) is 19.6 Å². The lowest BCUT2D eigenvalue weighted by molar-refractivity contribution is 0.1000. The predicted octanol–water partition coefficient (Wildman–Crippen LogP) is 1.95. The first kappa shape index (κ1) is 14.5. The Morgan fingerprint density at radius 1 is 1.40 bits per heavy atom. The Morgan fingerprint density at radius 3 is 2.80 bits per heavy atom. The molecule has 1 aliphatic heterocycles. The van der Waals surface area contributed by atoms with E-state index >= 15 is 0 Å². The van der Waals surface area contributed by atoms with Crippen molar-refractivity contribution in [3.8, 4) is 6.07 Å². The van der Waals surface area contributed by atoms with Gasteiger partial charge in [0, 0.05) is 18.5 Å². The summed E-state index contributed by atoms with van der Waals surface area (Å²) >= 11 is 0. The number of likely N-dealkylation sites (tertiary alicyclic amines) is 1. The highest BCUT2D eigenvalue weighted by Gasteiger charge is 2.19. The zero-order chi connectivity index (χ0) is 14.4. The van der Waals surface area contributed by atoms with Gasteiger partial charge in [-0.25, -0.2) is 0 Å². The molecule has 4 heteroatoms. The van der Waals surface area contributed by atoms with Crippen molar-refractivity contribution in [3.05, 3.63) is 35.4 Å². The standard InChI is InChI=1S/C16H21N3O/c17-7-2-8-19-9-5-13(6-10-19)11-14-3-1-4-15(12-14)16(18)20/h1,3-4,12-13H,2,5-6,8-11H2,(H2,18,20). The summed E-state index contributed by atoms with van der Waals surface area (Å²) in [5, 5.41) is 8.60. The first-order valence-corrected chi connectivity index (χ1v) is 7.17. The molecule has 0 unspecified atom stereocenters. The summed E-state index contributed by atoms with van der Waals surface area (Å²) in [6, 6.07) is 9.83. The van der Waals surface area contributed by atoms with E-state index in [1.165, 1.54) is 5.56 Å². The monoisotopic (exact) mass is 271 g/mol. The highest BCUT2D eigenvalue weighted by molar-refractivity contribution is 5.92. The molecule has 1 aromatic rings. The predicted molar refractivity (Wildman–Crippen MR) is 78.1 cm³/mol. The third-order valence-electron chi connectivity index (χ3n) is 3.98. The van der Waals surface area contributed by atoms with E-state index in [9.17, 15) is 4.79 Å². The van der Waals surface area contributed by atoms with Crippen molar-refractivity contribution in [1.29, 1.82) is 5.26 Å². The van der Waals surface area contributed by atoms with Crippen LogP contribution in [-0.4, -0.2) is 30.4 Å². The second kappa shape index (κ2) is 7.06. The van der Waals surface area contributed by atoms with Gasteiger partial charge in [-0.2, -0.15) is 5.26 Å². The van der Waals surface area contributed by atoms with Gasteiger partial charge in [0.2, 0.25) is 5.91 Å². The molecule has 1 aromatic carbocycles. The Kier molecular flexibility index (Phi) is 5.14. The van der Waals surface area contributed by atoms with Crippen LogP contribution < -0.4 is 5.73 Å². The number of piperidine rings is 1. The average Bonchev–Trinajstić information content (AvgIpc) is 2.47. The lowest BCUT2D eigenvalue weighted by Crippen LogP contribution is -2.34. The van der Waals surface area contributed by atoms with E-state index in [0.29, 0.717) is 17.9 Å². The number of hydrogen-bond donors (Lipinski definition) is 1. The van der Waals surface area contributed by atoms with E-state index in [-0.39, 0.29) is 5.91 Å². The molecule has 0 saturated carbocycles. The van der Waals surface area contributed by atoms with Gasteiger partial charge in [-0.15, -0.1) is 0 Å². The molecule has 0 aliphatic carbocycles. The molecule has 4 nitrogen and oxygen atoms in total. The topological polar surface area (TPSA) is 70.1 Å². The van der Waals surface area contributed by atoms with Crippen LogP contribution in [0.25, 0.3) is 0 Å². The molecule has 0 radical (unpaired) electrons. The van der Waals surface area contributed by atoms with E-state index in [4.69, 9.17) is 11.0 Å². The minimum absolute atomic E-state index is 0.363. The van der Waals surface area contributed by atoms with Gasteiger partial charge in [0.25, 0.3) is 0 Å². The van der Waals surface area contributed by atoms with Crippen molar-refractivity contribution in [2.24, 2.45) is 11.7 Å². The average molecular weight is 271 g/mol. The van der Waals surface area contributed by atoms with Crippen LogP contribution in [0.1, 0.15) is 35.2 Å². The fraction of sp³-hybridized carbons (Fsp3) is 0.500. The lowest BCUT2D eigenvalue weighted by Gasteiger charge is -2.31. The highest BCUT2D eigenvalue weighted by atomic mass is 16.1. The van der Waals surface area contributed by atoms with Crippen LogP contribution >= 0.6 is 0 Å². The van der Waals surface area contributed by atoms with Crippen molar-refractivity contribution < 1.29 is 4.79 Å². The van der Waals surface area contributed by atoms with Crippen LogP contribution in [0.15, 0.2) is 24.3 Å². The van der Waals surface area contributed by atoms with Gasteiger partial charge in [0.05, 0.1) is 6.07 Å². The maximum absolute atomic E-state index is 11.2. The summed E-state index contributed by atoms with van der Waals surface area (Å²) in [6.45, 7) is 3.03. The van der Waals surface area contributed by atoms with Gasteiger partial charge in [0.1, 0.15) is 0 Å². The van der Waals surface area contributed by atoms with E-state index in [2.05, 4.69) is 17.0 Å². The zero-order valence-corrected chi connectivity index (χ0v) is 11.7. The molecule has 1 aliphatic rings. The third-order valence-corrected chi connectivity index (χ3v) is 3.98. The van der Waals surface area contributed by atoms with E-state index in [0.717, 1.165) is 38.9 Å². The summed E-state index contributed by atoms with van der Waals surface area (Å²) in [4.78, 5) is 13.5. The van der Waals surface area contributed by atoms with Gasteiger partial charge in [-0.05, 0) is 56.0 Å². The first-order chi connectivity index (χ1) is 9.69. The number of nitriles is 1. The van der Waals surface area contributed by atoms with Crippen LogP contribution in [0.4, 0.5) is 0 Å². The molecule has 1 fully saturated rings. The van der Waals surface area contributed by atoms with Crippen LogP contribution in [0.2, 0.25) is 0 Å². The number of primary amides is 1. The number of carbonyl (C=O) groups excluding carboxylic acids is 1. The summed E-state index contributed by atoms with van der Waals surface area (Å²) < 4.78 is 0. The third kappa shape index (κ3) is 4.07. The number of nitrogens with zero attached hydrogens (tertiary/aromatic N) is 2. The Labute approximate surface area is 120 Å². The second-order valence-corrected chi connectivity index (χ2v) is 5.46. The van der Waals surface area contributed by atoms with Gasteiger partial charge >= 0.3 is 0 Å². The van der Waals surface area contributed by atoms with E-state index in [1.807, 2.05) is 12.1 Å². The summed E-state index contributed by atoms with van der Waals surface area (Å²) in [6.07, 6.45) is 3.94. The minimum atomic E-state index is -0.363. The molecule has 2 rings (SSSR count). The Bertz CT molecular complexity index is 499. The maximum atomic E-state index is 11.2. The van der Waals surface area contributed by atoms with Gasteiger partial charge in [-0.3, -0.25) is 4.79 Å². The summed E-state index contributed by atoms with van der Waals surface area (Å²) in [5.74, 6) is 0.301. The molecule has 0 atom stereocenters. The lowest BCUT2D eigenvalue weighted by atomic mass is 9.89. The van der Waals surface area contributed by atoms with Crippen molar-refractivity contribution >= 4 is 5.91 Å². The van der Waals surface area contributed by atoms with Crippen LogP contribution in [0.3, 0.4) is 0 Å². The molecular weight excluding hydrogens is 250 g/mol. The summed E-state index contributed by atoms with van der Waals surface area (Å²) in [7, 11) is 0. The van der Waals surface area contributed by atoms with Gasteiger partial charge in [-0.1, -0.05) is 12.1 Å². The van der Waals surface area contributed by atoms with Gasteiger partial charge in [0.15, 0.2) is 0 Å². The molecule has 1 heterocycles. The van der Waals surface area contributed by atoms with E-state index in [1.54, 1.807) is 6.07 Å². The van der Waals surface area contributed by atoms with E-state index < -0.39 is 0 Å². The molecule has 0 aromatic heterocycles. The Balaban J connectivity index is 1.85. The number of benzene rings is 1. The van der Waals surface area contributed by atoms with Crippen molar-refractivity contribution in [1.82, 2.24) is 4.90 Å². The number of nitrogens with two attached hydrogens (primary N) is 1. The molecule has 106 valence electrons. The molecule has 1 saturated heterocycles. The molecular formula is C16H21N3O. The molecule has 2 N–H and O–H groups in total. The molecule has 0 spiro atoms. The Morgan fingerprint density at radius 2 is 2.15 bits per heavy atom. The van der Waals surface area contributed by atoms with Crippen LogP contribution in [0.5, 0.6) is 0 Å².